The van der Waals surface area contributed by atoms with E-state index in [-0.39, 0.29) is 58.0 Å². The maximum atomic E-state index is 10.5. The number of rotatable bonds is 24. The average molecular weight is 475 g/mol. The number of phosphoric ester groups is 1. The summed E-state index contributed by atoms with van der Waals surface area (Å²) >= 11 is 0. The van der Waals surface area contributed by atoms with Crippen molar-refractivity contribution in [2.75, 3.05) is 6.61 Å². The molecule has 30 heavy (non-hydrogen) atoms. The molecule has 0 heterocycles. The number of phosphoric acid groups is 1. The summed E-state index contributed by atoms with van der Waals surface area (Å²) in [6.45, 7) is 2.45. The second-order valence-electron chi connectivity index (χ2n) is 8.75. The molecule has 0 aliphatic carbocycles. The molecule has 0 aromatic heterocycles. The van der Waals surface area contributed by atoms with Gasteiger partial charge in [0.2, 0.25) is 0 Å². The molecule has 0 aromatic carbocycles. The predicted molar refractivity (Wildman–Crippen MR) is 132 cm³/mol. The third-order valence-corrected chi connectivity index (χ3v) is 6.28. The Bertz CT molecular complexity index is 363. The summed E-state index contributed by atoms with van der Waals surface area (Å²) in [6.07, 6.45) is 29.5. The second kappa shape index (κ2) is 27.0. The molecule has 0 aromatic rings. The van der Waals surface area contributed by atoms with Gasteiger partial charge in [-0.05, 0) is 6.42 Å². The molecule has 0 spiro atoms. The van der Waals surface area contributed by atoms with E-state index in [1.165, 1.54) is 122 Å². The van der Waals surface area contributed by atoms with Crippen LogP contribution in [0.1, 0.15) is 148 Å². The summed E-state index contributed by atoms with van der Waals surface area (Å²) in [6, 6.07) is 0. The SMILES string of the molecule is CCCCCCCCCCCCCCCCCCCCCCCCOP(=O)(O)O.[KH]. The quantitative estimate of drug-likeness (QED) is 0.0843. The molecular weight excluding hydrogens is 422 g/mol. The van der Waals surface area contributed by atoms with Gasteiger partial charge < -0.3 is 9.79 Å². The summed E-state index contributed by atoms with van der Waals surface area (Å²) in [5.74, 6) is 0. The zero-order chi connectivity index (χ0) is 21.5. The first kappa shape index (κ1) is 33.9. The molecule has 0 bridgehead atoms. The van der Waals surface area contributed by atoms with Gasteiger partial charge in [0, 0.05) is 0 Å². The van der Waals surface area contributed by atoms with E-state index in [1.54, 1.807) is 0 Å². The Morgan fingerprint density at radius 3 is 0.967 bits per heavy atom. The molecule has 0 saturated heterocycles. The molecule has 0 rings (SSSR count). The van der Waals surface area contributed by atoms with Crippen LogP contribution in [0.5, 0.6) is 0 Å². The first-order valence-electron chi connectivity index (χ1n) is 12.8. The summed E-state index contributed by atoms with van der Waals surface area (Å²) in [5, 5.41) is 0. The molecule has 0 unspecified atom stereocenters. The van der Waals surface area contributed by atoms with Gasteiger partial charge in [-0.1, -0.05) is 142 Å². The van der Waals surface area contributed by atoms with Crippen LogP contribution in [-0.4, -0.2) is 67.8 Å². The molecular formula is C24H52KO4P. The van der Waals surface area contributed by atoms with Gasteiger partial charge in [0.05, 0.1) is 6.61 Å². The van der Waals surface area contributed by atoms with Crippen LogP contribution < -0.4 is 0 Å². The van der Waals surface area contributed by atoms with Gasteiger partial charge in [-0.2, -0.15) is 0 Å². The van der Waals surface area contributed by atoms with Crippen LogP contribution in [0.2, 0.25) is 0 Å². The van der Waals surface area contributed by atoms with Crippen LogP contribution in [0.3, 0.4) is 0 Å². The summed E-state index contributed by atoms with van der Waals surface area (Å²) in [7, 11) is -4.26. The van der Waals surface area contributed by atoms with Crippen LogP contribution in [-0.2, 0) is 9.09 Å². The average Bonchev–Trinajstić information content (AvgIpc) is 2.67. The van der Waals surface area contributed by atoms with Crippen LogP contribution in [0.25, 0.3) is 0 Å². The monoisotopic (exact) mass is 474 g/mol. The number of unbranched alkanes of at least 4 members (excludes halogenated alkanes) is 21. The van der Waals surface area contributed by atoms with Crippen molar-refractivity contribution in [1.82, 2.24) is 0 Å². The van der Waals surface area contributed by atoms with Gasteiger partial charge in [0.15, 0.2) is 0 Å². The molecule has 178 valence electrons. The molecule has 6 heteroatoms. The molecule has 0 amide bonds. The molecule has 0 aliphatic rings. The van der Waals surface area contributed by atoms with Gasteiger partial charge in [0.25, 0.3) is 0 Å². The van der Waals surface area contributed by atoms with E-state index in [0.717, 1.165) is 19.3 Å². The van der Waals surface area contributed by atoms with E-state index in [9.17, 15) is 4.57 Å². The Kier molecular flexibility index (Phi) is 30.5. The first-order valence-corrected chi connectivity index (χ1v) is 14.3. The fourth-order valence-electron chi connectivity index (χ4n) is 3.89. The Morgan fingerprint density at radius 2 is 0.733 bits per heavy atom. The number of hydrogen-bond acceptors (Lipinski definition) is 2. The Morgan fingerprint density at radius 1 is 0.500 bits per heavy atom. The van der Waals surface area contributed by atoms with Crippen molar-refractivity contribution < 1.29 is 18.9 Å². The molecule has 0 atom stereocenters. The van der Waals surface area contributed by atoms with Gasteiger partial charge in [-0.25, -0.2) is 4.57 Å². The van der Waals surface area contributed by atoms with Crippen molar-refractivity contribution in [2.24, 2.45) is 0 Å². The maximum absolute atomic E-state index is 10.5. The van der Waals surface area contributed by atoms with Gasteiger partial charge in [-0.3, -0.25) is 4.52 Å². The number of hydrogen-bond donors (Lipinski definition) is 2. The molecule has 2 N–H and O–H groups in total. The minimum absolute atomic E-state index is 0. The Hall–Kier alpha value is 1.75. The zero-order valence-corrected chi connectivity index (χ0v) is 20.3. The third kappa shape index (κ3) is 31.9. The van der Waals surface area contributed by atoms with E-state index >= 15 is 0 Å². The van der Waals surface area contributed by atoms with Crippen molar-refractivity contribution >= 4 is 59.2 Å². The van der Waals surface area contributed by atoms with E-state index in [2.05, 4.69) is 11.4 Å². The second-order valence-corrected chi connectivity index (χ2v) is 9.99. The van der Waals surface area contributed by atoms with Gasteiger partial charge in [-0.15, -0.1) is 0 Å². The van der Waals surface area contributed by atoms with Crippen molar-refractivity contribution in [3.63, 3.8) is 0 Å². The van der Waals surface area contributed by atoms with Gasteiger partial charge in [0.1, 0.15) is 0 Å². The fraction of sp³-hybridized carbons (Fsp3) is 1.00. The van der Waals surface area contributed by atoms with Crippen molar-refractivity contribution in [3.05, 3.63) is 0 Å². The summed E-state index contributed by atoms with van der Waals surface area (Å²) in [5.41, 5.74) is 0. The summed E-state index contributed by atoms with van der Waals surface area (Å²) < 4.78 is 15.0. The predicted octanol–water partition coefficient (Wildman–Crippen LogP) is 8.05. The van der Waals surface area contributed by atoms with Gasteiger partial charge >= 0.3 is 59.2 Å². The molecule has 0 aliphatic heterocycles. The Labute approximate surface area is 230 Å². The van der Waals surface area contributed by atoms with E-state index in [1.807, 2.05) is 0 Å². The standard InChI is InChI=1S/C24H51O4P.K.H/c1-2-3-4-5-6-7-8-9-10-11-12-13-14-15-16-17-18-19-20-21-22-23-24-28-29(25,26)27;;/h2-24H2,1H3,(H2,25,26,27);;. The fourth-order valence-corrected chi connectivity index (χ4v) is 4.26. The van der Waals surface area contributed by atoms with Crippen molar-refractivity contribution in [3.8, 4) is 0 Å². The van der Waals surface area contributed by atoms with Crippen LogP contribution in [0.15, 0.2) is 0 Å². The Balaban J connectivity index is 0. The summed E-state index contributed by atoms with van der Waals surface area (Å²) in [4.78, 5) is 17.2. The van der Waals surface area contributed by atoms with Crippen molar-refractivity contribution in [1.29, 1.82) is 0 Å². The minimum atomic E-state index is -4.26. The first-order chi connectivity index (χ1) is 14.1. The van der Waals surface area contributed by atoms with Crippen molar-refractivity contribution in [2.45, 2.75) is 148 Å². The van der Waals surface area contributed by atoms with Crippen LogP contribution >= 0.6 is 7.82 Å². The molecule has 0 radical (unpaired) electrons. The normalized spacial score (nSPS) is 11.6. The zero-order valence-electron chi connectivity index (χ0n) is 19.4. The third-order valence-electron chi connectivity index (χ3n) is 5.76. The van der Waals surface area contributed by atoms with Crippen LogP contribution in [0, 0.1) is 0 Å². The van der Waals surface area contributed by atoms with E-state index < -0.39 is 7.82 Å². The molecule has 0 saturated carbocycles. The van der Waals surface area contributed by atoms with Crippen LogP contribution in [0.4, 0.5) is 0 Å². The van der Waals surface area contributed by atoms with E-state index in [4.69, 9.17) is 9.79 Å². The topological polar surface area (TPSA) is 66.8 Å². The molecule has 4 nitrogen and oxygen atoms in total. The van der Waals surface area contributed by atoms with E-state index in [0.29, 0.717) is 0 Å². The molecule has 0 fully saturated rings.